The van der Waals surface area contributed by atoms with Gasteiger partial charge in [0.05, 0.1) is 17.7 Å². The number of ether oxygens (including phenoxy) is 2. The average Bonchev–Trinajstić information content (AvgIpc) is 3.15. The summed E-state index contributed by atoms with van der Waals surface area (Å²) < 4.78 is 17.1. The Hall–Kier alpha value is -1.44. The van der Waals surface area contributed by atoms with Crippen molar-refractivity contribution in [1.29, 1.82) is 0 Å². The van der Waals surface area contributed by atoms with E-state index in [1.54, 1.807) is 7.11 Å². The van der Waals surface area contributed by atoms with Crippen LogP contribution in [0, 0.1) is 0 Å². The fourth-order valence-electron chi connectivity index (χ4n) is 2.35. The van der Waals surface area contributed by atoms with Crippen LogP contribution in [0.5, 0.6) is 5.75 Å². The summed E-state index contributed by atoms with van der Waals surface area (Å²) in [5.74, 6) is 1.80. The number of hydrogen-bond acceptors (Lipinski definition) is 6. The summed E-state index contributed by atoms with van der Waals surface area (Å²) in [7, 11) is 1.62. The molecule has 2 heterocycles. The second-order valence-corrected chi connectivity index (χ2v) is 5.72. The maximum absolute atomic E-state index is 5.76. The number of benzene rings is 1. The predicted molar refractivity (Wildman–Crippen MR) is 79.9 cm³/mol. The van der Waals surface area contributed by atoms with Crippen molar-refractivity contribution in [2.75, 3.05) is 13.7 Å². The maximum Gasteiger partial charge on any atom is 0.256 e. The number of rotatable bonds is 4. The Labute approximate surface area is 130 Å². The molecule has 1 fully saturated rings. The molecule has 2 unspecified atom stereocenters. The van der Waals surface area contributed by atoms with Gasteiger partial charge in [-0.3, -0.25) is 0 Å². The molecule has 7 heteroatoms. The largest absolute Gasteiger partial charge is 0.496 e. The summed E-state index contributed by atoms with van der Waals surface area (Å²) >= 11 is 3.45. The average molecular weight is 354 g/mol. The minimum Gasteiger partial charge on any atom is -0.496 e. The first kappa shape index (κ1) is 14.5. The molecule has 2 atom stereocenters. The van der Waals surface area contributed by atoms with Crippen molar-refractivity contribution < 1.29 is 14.0 Å². The van der Waals surface area contributed by atoms with Crippen LogP contribution >= 0.6 is 15.9 Å². The third kappa shape index (κ3) is 2.95. The molecule has 0 radical (unpaired) electrons. The summed E-state index contributed by atoms with van der Waals surface area (Å²) in [6, 6.07) is 5.63. The van der Waals surface area contributed by atoms with E-state index < -0.39 is 0 Å². The molecule has 0 spiro atoms. The number of aromatic nitrogens is 2. The highest BCUT2D eigenvalue weighted by molar-refractivity contribution is 9.10. The first-order valence-corrected chi connectivity index (χ1v) is 7.53. The lowest BCUT2D eigenvalue weighted by molar-refractivity contribution is 0.0307. The Morgan fingerprint density at radius 2 is 2.29 bits per heavy atom. The number of nitrogens with two attached hydrogens (primary N) is 1. The van der Waals surface area contributed by atoms with Gasteiger partial charge >= 0.3 is 0 Å². The van der Waals surface area contributed by atoms with E-state index in [1.807, 2.05) is 18.2 Å². The Kier molecular flexibility index (Phi) is 4.23. The number of nitrogens with zero attached hydrogens (tertiary/aromatic N) is 2. The number of hydrogen-bond donors (Lipinski definition) is 1. The van der Waals surface area contributed by atoms with Crippen molar-refractivity contribution in [2.24, 2.45) is 5.73 Å². The molecule has 1 saturated heterocycles. The van der Waals surface area contributed by atoms with E-state index in [-0.39, 0.29) is 12.2 Å². The van der Waals surface area contributed by atoms with E-state index in [9.17, 15) is 0 Å². The van der Waals surface area contributed by atoms with Gasteiger partial charge in [-0.2, -0.15) is 4.98 Å². The van der Waals surface area contributed by atoms with Gasteiger partial charge in [0.25, 0.3) is 5.89 Å². The lowest BCUT2D eigenvalue weighted by Gasteiger charge is -2.07. The summed E-state index contributed by atoms with van der Waals surface area (Å²) in [5.41, 5.74) is 6.46. The molecule has 3 rings (SSSR count). The van der Waals surface area contributed by atoms with Crippen molar-refractivity contribution in [3.05, 3.63) is 28.6 Å². The minimum absolute atomic E-state index is 0.0838. The van der Waals surface area contributed by atoms with Crippen LogP contribution < -0.4 is 10.5 Å². The molecule has 6 nitrogen and oxygen atoms in total. The molecule has 0 bridgehead atoms. The van der Waals surface area contributed by atoms with Gasteiger partial charge in [-0.1, -0.05) is 5.16 Å². The Morgan fingerprint density at radius 1 is 1.43 bits per heavy atom. The molecule has 1 aromatic carbocycles. The number of halogens is 1. The van der Waals surface area contributed by atoms with Crippen molar-refractivity contribution in [3.63, 3.8) is 0 Å². The minimum atomic E-state index is -0.151. The van der Waals surface area contributed by atoms with Gasteiger partial charge in [0.2, 0.25) is 5.82 Å². The molecular weight excluding hydrogens is 338 g/mol. The van der Waals surface area contributed by atoms with Crippen LogP contribution in [-0.2, 0) is 4.74 Å². The molecule has 1 aromatic heterocycles. The molecule has 1 aliphatic rings. The fraction of sp³-hybridized carbons (Fsp3) is 0.429. The summed E-state index contributed by atoms with van der Waals surface area (Å²) in [5, 5.41) is 4.02. The zero-order valence-corrected chi connectivity index (χ0v) is 13.2. The standard InChI is InChI=1S/C14H16BrN3O3/c1-19-11-4-2-8(6-10(11)15)13-17-14(21-18-13)12-5-3-9(7-16)20-12/h2,4,6,9,12H,3,5,7,16H2,1H3. The van der Waals surface area contributed by atoms with Gasteiger partial charge in [-0.05, 0) is 47.0 Å². The summed E-state index contributed by atoms with van der Waals surface area (Å²) in [6.45, 7) is 0.517. The zero-order chi connectivity index (χ0) is 14.8. The molecule has 1 aliphatic heterocycles. The Bertz CT molecular complexity index is 632. The molecule has 2 aromatic rings. The molecule has 112 valence electrons. The highest BCUT2D eigenvalue weighted by Crippen LogP contribution is 2.33. The molecule has 0 aliphatic carbocycles. The third-order valence-corrected chi connectivity index (χ3v) is 4.12. The fourth-order valence-corrected chi connectivity index (χ4v) is 2.89. The third-order valence-electron chi connectivity index (χ3n) is 3.50. The Morgan fingerprint density at radius 3 is 2.95 bits per heavy atom. The van der Waals surface area contributed by atoms with Crippen molar-refractivity contribution in [2.45, 2.75) is 25.0 Å². The van der Waals surface area contributed by atoms with Gasteiger partial charge in [-0.15, -0.1) is 0 Å². The highest BCUT2D eigenvalue weighted by Gasteiger charge is 2.30. The van der Waals surface area contributed by atoms with Gasteiger partial charge in [0.15, 0.2) is 0 Å². The lowest BCUT2D eigenvalue weighted by Crippen LogP contribution is -2.18. The highest BCUT2D eigenvalue weighted by atomic mass is 79.9. The van der Waals surface area contributed by atoms with E-state index in [0.29, 0.717) is 18.3 Å². The number of methoxy groups -OCH3 is 1. The van der Waals surface area contributed by atoms with E-state index in [4.69, 9.17) is 19.7 Å². The summed E-state index contributed by atoms with van der Waals surface area (Å²) in [4.78, 5) is 4.42. The lowest BCUT2D eigenvalue weighted by atomic mass is 10.2. The van der Waals surface area contributed by atoms with Crippen molar-refractivity contribution >= 4 is 15.9 Å². The van der Waals surface area contributed by atoms with Gasteiger partial charge < -0.3 is 19.7 Å². The first-order chi connectivity index (χ1) is 10.2. The Balaban J connectivity index is 1.80. The SMILES string of the molecule is COc1ccc(-c2noc(C3CCC(CN)O3)n2)cc1Br. The van der Waals surface area contributed by atoms with E-state index >= 15 is 0 Å². The monoisotopic (exact) mass is 353 g/mol. The second-order valence-electron chi connectivity index (χ2n) is 4.87. The topological polar surface area (TPSA) is 83.4 Å². The predicted octanol–water partition coefficient (Wildman–Crippen LogP) is 2.69. The van der Waals surface area contributed by atoms with Gasteiger partial charge in [0.1, 0.15) is 11.9 Å². The first-order valence-electron chi connectivity index (χ1n) is 6.74. The second kappa shape index (κ2) is 6.13. The van der Waals surface area contributed by atoms with E-state index in [2.05, 4.69) is 26.1 Å². The van der Waals surface area contributed by atoms with Crippen LogP contribution in [0.3, 0.4) is 0 Å². The van der Waals surface area contributed by atoms with Crippen LogP contribution in [-0.4, -0.2) is 29.9 Å². The molecule has 21 heavy (non-hydrogen) atoms. The smallest absolute Gasteiger partial charge is 0.256 e. The van der Waals surface area contributed by atoms with Gasteiger partial charge in [0, 0.05) is 12.1 Å². The van der Waals surface area contributed by atoms with Crippen molar-refractivity contribution in [1.82, 2.24) is 10.1 Å². The van der Waals surface area contributed by atoms with Crippen LogP contribution in [0.25, 0.3) is 11.4 Å². The molecule has 0 saturated carbocycles. The normalized spacial score (nSPS) is 21.7. The van der Waals surface area contributed by atoms with E-state index in [1.165, 1.54) is 0 Å². The molecule has 2 N–H and O–H groups in total. The molecule has 0 amide bonds. The molecular formula is C14H16BrN3O3. The van der Waals surface area contributed by atoms with E-state index in [0.717, 1.165) is 28.6 Å². The van der Waals surface area contributed by atoms with Crippen LogP contribution in [0.15, 0.2) is 27.2 Å². The van der Waals surface area contributed by atoms with Crippen LogP contribution in [0.2, 0.25) is 0 Å². The zero-order valence-electron chi connectivity index (χ0n) is 11.6. The van der Waals surface area contributed by atoms with Crippen molar-refractivity contribution in [3.8, 4) is 17.1 Å². The summed E-state index contributed by atoms with van der Waals surface area (Å²) in [6.07, 6.45) is 1.71. The van der Waals surface area contributed by atoms with Gasteiger partial charge in [-0.25, -0.2) is 0 Å². The maximum atomic E-state index is 5.76. The van der Waals surface area contributed by atoms with Crippen LogP contribution in [0.4, 0.5) is 0 Å². The van der Waals surface area contributed by atoms with Crippen LogP contribution in [0.1, 0.15) is 24.8 Å². The quantitative estimate of drug-likeness (QED) is 0.909.